The van der Waals surface area contributed by atoms with Gasteiger partial charge in [0.05, 0.1) is 0 Å². The molecule has 0 aliphatic heterocycles. The first-order chi connectivity index (χ1) is 25.3. The number of hydrogen-bond acceptors (Lipinski definition) is 6. The third kappa shape index (κ3) is 36.8. The monoisotopic (exact) mass is 737 g/mol. The van der Waals surface area contributed by atoms with E-state index in [9.17, 15) is 14.4 Å². The maximum Gasteiger partial charge on any atom is 0.306 e. The van der Waals surface area contributed by atoms with Crippen LogP contribution < -0.4 is 0 Å². The van der Waals surface area contributed by atoms with E-state index >= 15 is 0 Å². The van der Waals surface area contributed by atoms with Gasteiger partial charge in [0.1, 0.15) is 13.2 Å². The highest BCUT2D eigenvalue weighted by atomic mass is 16.6. The lowest BCUT2D eigenvalue weighted by molar-refractivity contribution is -0.167. The van der Waals surface area contributed by atoms with Crippen LogP contribution in [0.3, 0.4) is 0 Å². The van der Waals surface area contributed by atoms with Gasteiger partial charge in [0.25, 0.3) is 0 Å². The lowest BCUT2D eigenvalue weighted by atomic mass is 9.99. The predicted molar refractivity (Wildman–Crippen MR) is 220 cm³/mol. The van der Waals surface area contributed by atoms with Crippen molar-refractivity contribution in [1.29, 1.82) is 0 Å². The Labute approximate surface area is 323 Å². The van der Waals surface area contributed by atoms with Crippen LogP contribution in [-0.2, 0) is 28.6 Å². The van der Waals surface area contributed by atoms with E-state index in [1.165, 1.54) is 135 Å². The summed E-state index contributed by atoms with van der Waals surface area (Å²) in [6.07, 6.45) is 36.5. The highest BCUT2D eigenvalue weighted by Gasteiger charge is 2.19. The van der Waals surface area contributed by atoms with Crippen molar-refractivity contribution in [3.05, 3.63) is 0 Å². The second kappa shape index (κ2) is 39.1. The summed E-state index contributed by atoms with van der Waals surface area (Å²) in [6, 6.07) is 0. The Bertz CT molecular complexity index is 798. The summed E-state index contributed by atoms with van der Waals surface area (Å²) in [5.41, 5.74) is 0. The zero-order valence-corrected chi connectivity index (χ0v) is 35.4. The molecular formula is C46H88O6. The van der Waals surface area contributed by atoms with Gasteiger partial charge in [-0.05, 0) is 31.1 Å². The Morgan fingerprint density at radius 3 is 1.00 bits per heavy atom. The van der Waals surface area contributed by atoms with Crippen LogP contribution in [-0.4, -0.2) is 37.2 Å². The van der Waals surface area contributed by atoms with Crippen molar-refractivity contribution in [2.24, 2.45) is 11.8 Å². The number of rotatable bonds is 40. The van der Waals surface area contributed by atoms with Crippen LogP contribution in [0.5, 0.6) is 0 Å². The van der Waals surface area contributed by atoms with E-state index < -0.39 is 6.10 Å². The minimum Gasteiger partial charge on any atom is -0.462 e. The molecule has 0 amide bonds. The number of hydrogen-bond donors (Lipinski definition) is 0. The largest absolute Gasteiger partial charge is 0.462 e. The molecule has 0 fully saturated rings. The summed E-state index contributed by atoms with van der Waals surface area (Å²) in [5, 5.41) is 0. The molecule has 0 aliphatic rings. The topological polar surface area (TPSA) is 78.9 Å². The van der Waals surface area contributed by atoms with Crippen molar-refractivity contribution < 1.29 is 28.6 Å². The smallest absolute Gasteiger partial charge is 0.306 e. The fraction of sp³-hybridized carbons (Fsp3) is 0.935. The number of carbonyl (C=O) groups is 3. The number of ether oxygens (including phenoxy) is 3. The fourth-order valence-electron chi connectivity index (χ4n) is 6.69. The van der Waals surface area contributed by atoms with E-state index in [4.69, 9.17) is 14.2 Å². The minimum absolute atomic E-state index is 0.0657. The minimum atomic E-state index is -0.761. The third-order valence-electron chi connectivity index (χ3n) is 10.9. The van der Waals surface area contributed by atoms with Crippen molar-refractivity contribution in [2.45, 2.75) is 253 Å². The summed E-state index contributed by atoms with van der Waals surface area (Å²) < 4.78 is 16.7. The highest BCUT2D eigenvalue weighted by Crippen LogP contribution is 2.17. The number of unbranched alkanes of at least 4 members (excludes halogenated alkanes) is 23. The van der Waals surface area contributed by atoms with Crippen molar-refractivity contribution in [3.8, 4) is 0 Å². The van der Waals surface area contributed by atoms with E-state index in [2.05, 4.69) is 34.6 Å². The van der Waals surface area contributed by atoms with Crippen LogP contribution in [0.25, 0.3) is 0 Å². The molecule has 3 atom stereocenters. The molecule has 0 aliphatic carbocycles. The Hall–Kier alpha value is -1.59. The van der Waals surface area contributed by atoms with Gasteiger partial charge >= 0.3 is 17.9 Å². The predicted octanol–water partition coefficient (Wildman–Crippen LogP) is 14.2. The molecule has 0 radical (unpaired) electrons. The fourth-order valence-corrected chi connectivity index (χ4v) is 6.69. The number of esters is 3. The summed E-state index contributed by atoms with van der Waals surface area (Å²) in [4.78, 5) is 37.7. The Kier molecular flexibility index (Phi) is 37.9. The lowest BCUT2D eigenvalue weighted by Crippen LogP contribution is -2.30. The van der Waals surface area contributed by atoms with Gasteiger partial charge in [0, 0.05) is 19.3 Å². The van der Waals surface area contributed by atoms with Crippen molar-refractivity contribution in [1.82, 2.24) is 0 Å². The Morgan fingerprint density at radius 1 is 0.385 bits per heavy atom. The molecule has 0 N–H and O–H groups in total. The summed E-state index contributed by atoms with van der Waals surface area (Å²) in [7, 11) is 0. The Balaban J connectivity index is 4.36. The quantitative estimate of drug-likeness (QED) is 0.0354. The van der Waals surface area contributed by atoms with E-state index in [-0.39, 0.29) is 31.1 Å². The molecule has 0 aromatic heterocycles. The molecule has 2 unspecified atom stereocenters. The Morgan fingerprint density at radius 2 is 0.673 bits per heavy atom. The first kappa shape index (κ1) is 50.4. The standard InChI is InChI=1S/C46H88O6/c1-6-9-10-11-12-13-14-15-16-20-26-31-36-44(47)50-39-43(40-51-45(48)37-32-27-23-22-25-30-35-42(5)8-3)52-46(49)38-33-28-21-18-17-19-24-29-34-41(4)7-2/h41-43H,6-40H2,1-5H3/t41?,42?,43-/m0/s1. The van der Waals surface area contributed by atoms with E-state index in [1.807, 2.05) is 0 Å². The molecule has 0 heterocycles. The van der Waals surface area contributed by atoms with Crippen LogP contribution in [0.1, 0.15) is 247 Å². The number of carbonyl (C=O) groups excluding carboxylic acids is 3. The van der Waals surface area contributed by atoms with Crippen molar-refractivity contribution >= 4 is 17.9 Å². The molecule has 0 saturated carbocycles. The molecule has 0 saturated heterocycles. The van der Waals surface area contributed by atoms with Crippen LogP contribution in [0.15, 0.2) is 0 Å². The van der Waals surface area contributed by atoms with Gasteiger partial charge in [-0.2, -0.15) is 0 Å². The van der Waals surface area contributed by atoms with Crippen LogP contribution in [0, 0.1) is 11.8 Å². The first-order valence-electron chi connectivity index (χ1n) is 22.8. The van der Waals surface area contributed by atoms with Crippen LogP contribution in [0.4, 0.5) is 0 Å². The van der Waals surface area contributed by atoms with Crippen molar-refractivity contribution in [3.63, 3.8) is 0 Å². The summed E-state index contributed by atoms with van der Waals surface area (Å²) >= 11 is 0. The first-order valence-corrected chi connectivity index (χ1v) is 22.8. The molecule has 0 aromatic rings. The SMILES string of the molecule is CCCCCCCCCCCCCCC(=O)OC[C@@H](COC(=O)CCCCCCCCC(C)CC)OC(=O)CCCCCCCCCCC(C)CC. The van der Waals surface area contributed by atoms with Gasteiger partial charge in [0.2, 0.25) is 0 Å². The lowest BCUT2D eigenvalue weighted by Gasteiger charge is -2.18. The molecule has 0 bridgehead atoms. The molecule has 6 heteroatoms. The van der Waals surface area contributed by atoms with Crippen LogP contribution in [0.2, 0.25) is 0 Å². The normalized spacial score (nSPS) is 13.1. The second-order valence-electron chi connectivity index (χ2n) is 16.2. The zero-order valence-electron chi connectivity index (χ0n) is 35.4. The molecule has 0 aromatic carbocycles. The molecule has 6 nitrogen and oxygen atoms in total. The molecule has 0 rings (SSSR count). The van der Waals surface area contributed by atoms with E-state index in [1.54, 1.807) is 0 Å². The maximum absolute atomic E-state index is 12.7. The average Bonchev–Trinajstić information content (AvgIpc) is 3.14. The molecule has 308 valence electrons. The van der Waals surface area contributed by atoms with Gasteiger partial charge in [-0.1, -0.05) is 208 Å². The van der Waals surface area contributed by atoms with Crippen LogP contribution >= 0.6 is 0 Å². The van der Waals surface area contributed by atoms with Gasteiger partial charge in [-0.3, -0.25) is 14.4 Å². The van der Waals surface area contributed by atoms with Gasteiger partial charge < -0.3 is 14.2 Å². The third-order valence-corrected chi connectivity index (χ3v) is 10.9. The van der Waals surface area contributed by atoms with Gasteiger partial charge in [0.15, 0.2) is 6.10 Å². The maximum atomic E-state index is 12.7. The molecule has 52 heavy (non-hydrogen) atoms. The van der Waals surface area contributed by atoms with Gasteiger partial charge in [-0.25, -0.2) is 0 Å². The van der Waals surface area contributed by atoms with E-state index in [0.29, 0.717) is 19.3 Å². The highest BCUT2D eigenvalue weighted by molar-refractivity contribution is 5.71. The van der Waals surface area contributed by atoms with Crippen molar-refractivity contribution in [2.75, 3.05) is 13.2 Å². The van der Waals surface area contributed by atoms with Gasteiger partial charge in [-0.15, -0.1) is 0 Å². The summed E-state index contributed by atoms with van der Waals surface area (Å²) in [5.74, 6) is 0.797. The molecule has 0 spiro atoms. The molecular weight excluding hydrogens is 648 g/mol. The second-order valence-corrected chi connectivity index (χ2v) is 16.2. The summed E-state index contributed by atoms with van der Waals surface area (Å²) in [6.45, 7) is 11.3. The zero-order chi connectivity index (χ0) is 38.3. The van der Waals surface area contributed by atoms with E-state index in [0.717, 1.165) is 69.6 Å². The average molecular weight is 737 g/mol.